The van der Waals surface area contributed by atoms with E-state index in [0.717, 1.165) is 22.7 Å². The van der Waals surface area contributed by atoms with Crippen molar-refractivity contribution in [2.24, 2.45) is 5.10 Å². The quantitative estimate of drug-likeness (QED) is 0.543. The van der Waals surface area contributed by atoms with Gasteiger partial charge in [-0.2, -0.15) is 5.10 Å². The first-order chi connectivity index (χ1) is 13.7. The van der Waals surface area contributed by atoms with Gasteiger partial charge in [-0.25, -0.2) is 5.43 Å². The number of hydrogen-bond acceptors (Lipinski definition) is 4. The van der Waals surface area contributed by atoms with Crippen molar-refractivity contribution >= 4 is 17.7 Å². The molecule has 1 N–H and O–H groups in total. The Balaban J connectivity index is 1.45. The second-order valence-electron chi connectivity index (χ2n) is 6.25. The van der Waals surface area contributed by atoms with Crippen molar-refractivity contribution in [1.29, 1.82) is 0 Å². The molecule has 0 unspecified atom stereocenters. The van der Waals surface area contributed by atoms with E-state index in [2.05, 4.69) is 10.5 Å². The first kappa shape index (κ1) is 17.6. The molecule has 0 radical (unpaired) electrons. The zero-order valence-electron chi connectivity index (χ0n) is 15.3. The number of carbonyl (C=O) groups is 1. The SMILES string of the molecule is CC(C=Cc1ccc2c(c1)OCO2)=NNC(=O)c1ccccc1-n1cccc1. The number of benzene rings is 2. The monoisotopic (exact) mass is 373 g/mol. The number of allylic oxidation sites excluding steroid dienone is 1. The number of rotatable bonds is 5. The van der Waals surface area contributed by atoms with Gasteiger partial charge in [0.25, 0.3) is 5.91 Å². The fourth-order valence-corrected chi connectivity index (χ4v) is 2.86. The first-order valence-corrected chi connectivity index (χ1v) is 8.85. The summed E-state index contributed by atoms with van der Waals surface area (Å²) >= 11 is 0. The molecule has 0 aliphatic carbocycles. The van der Waals surface area contributed by atoms with Crippen LogP contribution in [0.25, 0.3) is 11.8 Å². The van der Waals surface area contributed by atoms with E-state index in [0.29, 0.717) is 11.3 Å². The molecule has 4 rings (SSSR count). The van der Waals surface area contributed by atoms with Crippen LogP contribution in [0.15, 0.2) is 78.2 Å². The molecule has 1 aliphatic heterocycles. The molecule has 0 fully saturated rings. The third-order valence-electron chi connectivity index (χ3n) is 4.28. The maximum absolute atomic E-state index is 12.6. The Labute approximate surface area is 162 Å². The van der Waals surface area contributed by atoms with Gasteiger partial charge >= 0.3 is 0 Å². The smallest absolute Gasteiger partial charge is 0.273 e. The molecule has 6 nitrogen and oxygen atoms in total. The van der Waals surface area contributed by atoms with Crippen molar-refractivity contribution < 1.29 is 14.3 Å². The van der Waals surface area contributed by atoms with Crippen LogP contribution in [0.5, 0.6) is 11.5 Å². The molecular formula is C22H19N3O3. The molecule has 0 bridgehead atoms. The number of fused-ring (bicyclic) bond motifs is 1. The van der Waals surface area contributed by atoms with Crippen molar-refractivity contribution in [2.45, 2.75) is 6.92 Å². The number of aromatic nitrogens is 1. The summed E-state index contributed by atoms with van der Waals surface area (Å²) in [5, 5.41) is 4.18. The summed E-state index contributed by atoms with van der Waals surface area (Å²) in [5.74, 6) is 1.21. The van der Waals surface area contributed by atoms with Gasteiger partial charge in [-0.15, -0.1) is 0 Å². The fourth-order valence-electron chi connectivity index (χ4n) is 2.86. The maximum atomic E-state index is 12.6. The highest BCUT2D eigenvalue weighted by atomic mass is 16.7. The Morgan fingerprint density at radius 1 is 1.07 bits per heavy atom. The third-order valence-corrected chi connectivity index (χ3v) is 4.28. The molecule has 140 valence electrons. The summed E-state index contributed by atoms with van der Waals surface area (Å²) in [4.78, 5) is 12.6. The van der Waals surface area contributed by atoms with Crippen LogP contribution in [0.4, 0.5) is 0 Å². The number of amides is 1. The summed E-state index contributed by atoms with van der Waals surface area (Å²) in [6, 6.07) is 16.9. The Morgan fingerprint density at radius 2 is 1.86 bits per heavy atom. The number of hydrogen-bond donors (Lipinski definition) is 1. The zero-order valence-corrected chi connectivity index (χ0v) is 15.3. The lowest BCUT2D eigenvalue weighted by Gasteiger charge is -2.09. The molecule has 1 aliphatic rings. The topological polar surface area (TPSA) is 64.8 Å². The molecule has 2 aromatic carbocycles. The van der Waals surface area contributed by atoms with Crippen LogP contribution in [-0.2, 0) is 0 Å². The second kappa shape index (κ2) is 7.84. The van der Waals surface area contributed by atoms with Gasteiger partial charge in [0.05, 0.1) is 17.0 Å². The van der Waals surface area contributed by atoms with Crippen molar-refractivity contribution in [3.8, 4) is 17.2 Å². The summed E-state index contributed by atoms with van der Waals surface area (Å²) < 4.78 is 12.6. The molecule has 0 spiro atoms. The molecule has 1 amide bonds. The van der Waals surface area contributed by atoms with Gasteiger partial charge in [0, 0.05) is 12.4 Å². The molecular weight excluding hydrogens is 354 g/mol. The van der Waals surface area contributed by atoms with Crippen molar-refractivity contribution in [3.05, 3.63) is 84.2 Å². The molecule has 2 heterocycles. The molecule has 0 saturated carbocycles. The van der Waals surface area contributed by atoms with E-state index in [1.807, 2.05) is 84.6 Å². The van der Waals surface area contributed by atoms with Gasteiger partial charge < -0.3 is 14.0 Å². The standard InChI is InChI=1S/C22H19N3O3/c1-16(8-9-17-10-11-20-21(14-17)28-15-27-20)23-24-22(26)18-6-2-3-7-19(18)25-12-4-5-13-25/h2-14H,15H2,1H3,(H,24,26). The highest BCUT2D eigenvalue weighted by Crippen LogP contribution is 2.32. The van der Waals surface area contributed by atoms with E-state index in [1.165, 1.54) is 0 Å². The molecule has 0 saturated heterocycles. The average molecular weight is 373 g/mol. The number of para-hydroxylation sites is 1. The van der Waals surface area contributed by atoms with Crippen LogP contribution in [0.3, 0.4) is 0 Å². The van der Waals surface area contributed by atoms with Gasteiger partial charge in [-0.1, -0.05) is 24.3 Å². The summed E-state index contributed by atoms with van der Waals surface area (Å²) in [6.07, 6.45) is 7.53. The van der Waals surface area contributed by atoms with Gasteiger partial charge in [-0.3, -0.25) is 4.79 Å². The number of ether oxygens (including phenoxy) is 2. The van der Waals surface area contributed by atoms with E-state index < -0.39 is 0 Å². The van der Waals surface area contributed by atoms with Gasteiger partial charge in [0.1, 0.15) is 0 Å². The van der Waals surface area contributed by atoms with E-state index in [4.69, 9.17) is 9.47 Å². The Bertz CT molecular complexity index is 1050. The number of hydrazone groups is 1. The lowest BCUT2D eigenvalue weighted by Crippen LogP contribution is -2.20. The van der Waals surface area contributed by atoms with Crippen LogP contribution >= 0.6 is 0 Å². The normalized spacial score (nSPS) is 13.1. The van der Waals surface area contributed by atoms with E-state index in [9.17, 15) is 4.79 Å². The van der Waals surface area contributed by atoms with E-state index in [1.54, 1.807) is 6.07 Å². The molecule has 1 aromatic heterocycles. The fraction of sp³-hybridized carbons (Fsp3) is 0.0909. The van der Waals surface area contributed by atoms with Gasteiger partial charge in [0.2, 0.25) is 6.79 Å². The molecule has 3 aromatic rings. The first-order valence-electron chi connectivity index (χ1n) is 8.85. The van der Waals surface area contributed by atoms with Crippen molar-refractivity contribution in [3.63, 3.8) is 0 Å². The number of carbonyl (C=O) groups excluding carboxylic acids is 1. The van der Waals surface area contributed by atoms with Crippen LogP contribution in [0.1, 0.15) is 22.8 Å². The van der Waals surface area contributed by atoms with E-state index in [-0.39, 0.29) is 12.7 Å². The zero-order chi connectivity index (χ0) is 19.3. The Morgan fingerprint density at radius 3 is 2.71 bits per heavy atom. The highest BCUT2D eigenvalue weighted by Gasteiger charge is 2.12. The number of nitrogens with one attached hydrogen (secondary N) is 1. The minimum atomic E-state index is -0.264. The minimum Gasteiger partial charge on any atom is -0.454 e. The largest absolute Gasteiger partial charge is 0.454 e. The Hall–Kier alpha value is -3.80. The summed E-state index contributed by atoms with van der Waals surface area (Å²) in [6.45, 7) is 2.07. The van der Waals surface area contributed by atoms with Gasteiger partial charge in [0.15, 0.2) is 11.5 Å². The Kier molecular flexibility index (Phi) is 4.93. The molecule has 0 atom stereocenters. The van der Waals surface area contributed by atoms with Gasteiger partial charge in [-0.05, 0) is 55.0 Å². The maximum Gasteiger partial charge on any atom is 0.273 e. The summed E-state index contributed by atoms with van der Waals surface area (Å²) in [7, 11) is 0. The predicted molar refractivity (Wildman–Crippen MR) is 108 cm³/mol. The number of nitrogens with zero attached hydrogens (tertiary/aromatic N) is 2. The average Bonchev–Trinajstić information content (AvgIpc) is 3.42. The van der Waals surface area contributed by atoms with Crippen LogP contribution < -0.4 is 14.9 Å². The van der Waals surface area contributed by atoms with Crippen LogP contribution in [0, 0.1) is 0 Å². The van der Waals surface area contributed by atoms with Crippen molar-refractivity contribution in [1.82, 2.24) is 9.99 Å². The second-order valence-corrected chi connectivity index (χ2v) is 6.25. The highest BCUT2D eigenvalue weighted by molar-refractivity contribution is 6.00. The molecule has 28 heavy (non-hydrogen) atoms. The van der Waals surface area contributed by atoms with E-state index >= 15 is 0 Å². The van der Waals surface area contributed by atoms with Crippen molar-refractivity contribution in [2.75, 3.05) is 6.79 Å². The minimum absolute atomic E-state index is 0.250. The summed E-state index contributed by atoms with van der Waals surface area (Å²) in [5.41, 5.74) is 5.60. The third kappa shape index (κ3) is 3.81. The van der Waals surface area contributed by atoms with Crippen LogP contribution in [-0.4, -0.2) is 23.0 Å². The molecule has 6 heteroatoms. The van der Waals surface area contributed by atoms with Crippen LogP contribution in [0.2, 0.25) is 0 Å². The lowest BCUT2D eigenvalue weighted by atomic mass is 10.1. The lowest BCUT2D eigenvalue weighted by molar-refractivity contribution is 0.0955. The predicted octanol–water partition coefficient (Wildman–Crippen LogP) is 4.03.